The van der Waals surface area contributed by atoms with E-state index in [1.165, 1.54) is 53.7 Å². The van der Waals surface area contributed by atoms with E-state index < -0.39 is 0 Å². The van der Waals surface area contributed by atoms with Crippen molar-refractivity contribution in [3.8, 4) is 0 Å². The Morgan fingerprint density at radius 2 is 1.58 bits per heavy atom. The van der Waals surface area contributed by atoms with Crippen LogP contribution in [-0.4, -0.2) is 5.25 Å². The zero-order valence-corrected chi connectivity index (χ0v) is 25.8. The minimum Gasteiger partial charge on any atom is -0.117 e. The molecule has 8 aliphatic rings. The van der Waals surface area contributed by atoms with Crippen molar-refractivity contribution in [1.29, 1.82) is 0 Å². The van der Waals surface area contributed by atoms with Gasteiger partial charge in [0.05, 0.1) is 0 Å². The van der Waals surface area contributed by atoms with Crippen molar-refractivity contribution < 1.29 is 0 Å². The molecule has 0 nitrogen and oxygen atoms in total. The SMILES string of the molecule is C1=CCC2C(=C1)C(C1=CCC(C3=CCC4C=CC=CC4=C3)C=C1)C1C=CCCC1C2C1CCC=C2c3ccccc3SC21. The number of allylic oxidation sites excluding steroid dienone is 19. The van der Waals surface area contributed by atoms with Gasteiger partial charge in [-0.25, -0.2) is 0 Å². The van der Waals surface area contributed by atoms with Gasteiger partial charge < -0.3 is 0 Å². The normalized spacial score (nSPS) is 38.4. The summed E-state index contributed by atoms with van der Waals surface area (Å²) in [5, 5.41) is 0.632. The highest BCUT2D eigenvalue weighted by atomic mass is 32.2. The van der Waals surface area contributed by atoms with Crippen LogP contribution in [0.5, 0.6) is 0 Å². The van der Waals surface area contributed by atoms with Gasteiger partial charge in [0.25, 0.3) is 0 Å². The molecule has 1 fully saturated rings. The van der Waals surface area contributed by atoms with E-state index in [2.05, 4.69) is 127 Å². The second-order valence-corrected chi connectivity index (χ2v) is 15.2. The van der Waals surface area contributed by atoms with E-state index in [0.29, 0.717) is 34.8 Å². The number of rotatable bonds is 3. The quantitative estimate of drug-likeness (QED) is 0.322. The third-order valence-corrected chi connectivity index (χ3v) is 13.5. The van der Waals surface area contributed by atoms with Gasteiger partial charge in [0.2, 0.25) is 0 Å². The van der Waals surface area contributed by atoms with Crippen LogP contribution in [0.15, 0.2) is 143 Å². The molecule has 9 atom stereocenters. The minimum atomic E-state index is 0.509. The summed E-state index contributed by atoms with van der Waals surface area (Å²) in [6, 6.07) is 9.22. The molecule has 1 heterocycles. The summed E-state index contributed by atoms with van der Waals surface area (Å²) in [5.41, 5.74) is 9.52. The molecular formula is C42H42S. The van der Waals surface area contributed by atoms with Crippen LogP contribution in [0, 0.1) is 47.3 Å². The van der Waals surface area contributed by atoms with Crippen LogP contribution >= 0.6 is 11.8 Å². The zero-order valence-electron chi connectivity index (χ0n) is 25.0. The molecule has 9 rings (SSSR count). The average molecular weight is 579 g/mol. The molecule has 43 heavy (non-hydrogen) atoms. The summed E-state index contributed by atoms with van der Waals surface area (Å²) in [7, 11) is 0. The molecular weight excluding hydrogens is 537 g/mol. The van der Waals surface area contributed by atoms with Crippen LogP contribution in [0.2, 0.25) is 0 Å². The van der Waals surface area contributed by atoms with Crippen molar-refractivity contribution >= 4 is 17.3 Å². The van der Waals surface area contributed by atoms with E-state index in [1.807, 2.05) is 0 Å². The molecule has 0 amide bonds. The van der Waals surface area contributed by atoms with E-state index in [9.17, 15) is 0 Å². The number of thioether (sulfide) groups is 1. The molecule has 0 saturated heterocycles. The molecule has 7 aliphatic carbocycles. The van der Waals surface area contributed by atoms with Crippen LogP contribution < -0.4 is 0 Å². The minimum absolute atomic E-state index is 0.509. The first-order valence-electron chi connectivity index (χ1n) is 17.0. The van der Waals surface area contributed by atoms with Crippen molar-refractivity contribution in [3.05, 3.63) is 143 Å². The fraction of sp³-hybridized carbons (Fsp3) is 0.381. The Morgan fingerprint density at radius 3 is 2.53 bits per heavy atom. The van der Waals surface area contributed by atoms with Gasteiger partial charge in [0.15, 0.2) is 0 Å². The van der Waals surface area contributed by atoms with Crippen LogP contribution in [0.4, 0.5) is 0 Å². The van der Waals surface area contributed by atoms with Crippen molar-refractivity contribution in [2.45, 2.75) is 55.1 Å². The first kappa shape index (κ1) is 26.4. The fourth-order valence-corrected chi connectivity index (χ4v) is 11.7. The lowest BCUT2D eigenvalue weighted by Gasteiger charge is -2.54. The zero-order chi connectivity index (χ0) is 28.3. The lowest BCUT2D eigenvalue weighted by atomic mass is 9.50. The van der Waals surface area contributed by atoms with E-state index in [1.54, 1.807) is 16.7 Å². The fourth-order valence-electron chi connectivity index (χ4n) is 10.2. The summed E-state index contributed by atoms with van der Waals surface area (Å²) in [5.74, 6) is 5.23. The monoisotopic (exact) mass is 578 g/mol. The van der Waals surface area contributed by atoms with E-state index in [0.717, 1.165) is 30.6 Å². The van der Waals surface area contributed by atoms with Crippen molar-refractivity contribution in [1.82, 2.24) is 0 Å². The molecule has 0 spiro atoms. The molecule has 1 aliphatic heterocycles. The summed E-state index contributed by atoms with van der Waals surface area (Å²) in [6.45, 7) is 0. The van der Waals surface area contributed by atoms with Gasteiger partial charge in [0.1, 0.15) is 0 Å². The number of benzene rings is 1. The van der Waals surface area contributed by atoms with Crippen LogP contribution in [0.3, 0.4) is 0 Å². The molecule has 1 saturated carbocycles. The van der Waals surface area contributed by atoms with Gasteiger partial charge in [0, 0.05) is 27.9 Å². The van der Waals surface area contributed by atoms with Crippen LogP contribution in [0.1, 0.15) is 50.5 Å². The largest absolute Gasteiger partial charge is 0.117 e. The molecule has 1 heteroatoms. The number of hydrogen-bond acceptors (Lipinski definition) is 1. The van der Waals surface area contributed by atoms with Gasteiger partial charge in [-0.3, -0.25) is 0 Å². The van der Waals surface area contributed by atoms with Crippen LogP contribution in [0.25, 0.3) is 5.57 Å². The second kappa shape index (κ2) is 10.8. The third-order valence-electron chi connectivity index (χ3n) is 12.0. The predicted molar refractivity (Wildman–Crippen MR) is 182 cm³/mol. The van der Waals surface area contributed by atoms with Crippen molar-refractivity contribution in [2.75, 3.05) is 0 Å². The first-order valence-corrected chi connectivity index (χ1v) is 17.9. The molecule has 0 N–H and O–H groups in total. The summed E-state index contributed by atoms with van der Waals surface area (Å²) < 4.78 is 0. The molecule has 1 aromatic carbocycles. The second-order valence-electron chi connectivity index (χ2n) is 14.0. The summed E-state index contributed by atoms with van der Waals surface area (Å²) in [4.78, 5) is 1.51. The van der Waals surface area contributed by atoms with E-state index in [4.69, 9.17) is 0 Å². The maximum atomic E-state index is 2.66. The van der Waals surface area contributed by atoms with Gasteiger partial charge in [-0.05, 0) is 108 Å². The Bertz CT molecular complexity index is 1630. The molecule has 216 valence electrons. The van der Waals surface area contributed by atoms with Gasteiger partial charge >= 0.3 is 0 Å². The Hall–Kier alpha value is -3.03. The Morgan fingerprint density at radius 1 is 0.698 bits per heavy atom. The van der Waals surface area contributed by atoms with Crippen molar-refractivity contribution in [3.63, 3.8) is 0 Å². The van der Waals surface area contributed by atoms with Crippen molar-refractivity contribution in [2.24, 2.45) is 47.3 Å². The Balaban J connectivity index is 1.02. The molecule has 0 bridgehead atoms. The Labute approximate surface area is 262 Å². The highest BCUT2D eigenvalue weighted by Crippen LogP contribution is 2.62. The average Bonchev–Trinajstić information content (AvgIpc) is 3.46. The van der Waals surface area contributed by atoms with E-state index >= 15 is 0 Å². The summed E-state index contributed by atoms with van der Waals surface area (Å²) >= 11 is 2.19. The van der Waals surface area contributed by atoms with Gasteiger partial charge in [-0.2, -0.15) is 0 Å². The first-order chi connectivity index (χ1) is 21.3. The highest BCUT2D eigenvalue weighted by molar-refractivity contribution is 8.00. The standard InChI is InChI=1S/C42H42S/c1-2-11-30-26-31(25-22-27(30)10-1)28-20-23-29(24-21-28)40-33-13-3-5-15-35(33)41(36-16-6-4-14-34(36)40)38-18-9-17-37-32-12-7-8-19-39(32)43-42(37)38/h1-5,7-8,10-14,17,19-20,23-28,34-36,38,40-42H,6,9,15-16,18,21-22H2. The van der Waals surface area contributed by atoms with E-state index in [-0.39, 0.29) is 0 Å². The molecule has 0 radical (unpaired) electrons. The smallest absolute Gasteiger partial charge is 0.0379 e. The van der Waals surface area contributed by atoms with Crippen LogP contribution in [-0.2, 0) is 0 Å². The number of fused-ring (bicyclic) bond motifs is 6. The van der Waals surface area contributed by atoms with Gasteiger partial charge in [-0.1, -0.05) is 115 Å². The molecule has 9 unspecified atom stereocenters. The topological polar surface area (TPSA) is 0 Å². The maximum Gasteiger partial charge on any atom is 0.0379 e. The highest BCUT2D eigenvalue weighted by Gasteiger charge is 2.53. The summed E-state index contributed by atoms with van der Waals surface area (Å²) in [6.07, 6.45) is 45.7. The third kappa shape index (κ3) is 4.40. The lowest BCUT2D eigenvalue weighted by Crippen LogP contribution is -2.48. The molecule has 1 aromatic rings. The number of hydrogen-bond donors (Lipinski definition) is 0. The predicted octanol–water partition coefficient (Wildman–Crippen LogP) is 10.8. The maximum absolute atomic E-state index is 2.66. The molecule has 0 aromatic heterocycles. The van der Waals surface area contributed by atoms with Gasteiger partial charge in [-0.15, -0.1) is 11.8 Å². The Kier molecular flexibility index (Phi) is 6.65. The lowest BCUT2D eigenvalue weighted by molar-refractivity contribution is 0.0642.